The van der Waals surface area contributed by atoms with Crippen molar-refractivity contribution in [3.05, 3.63) is 352 Å². The third kappa shape index (κ3) is 11.1. The molecule has 10 heterocycles. The Balaban J connectivity index is 0.000000138. The van der Waals surface area contributed by atoms with E-state index in [9.17, 15) is 0 Å². The van der Waals surface area contributed by atoms with E-state index in [0.29, 0.717) is 0 Å². The van der Waals surface area contributed by atoms with E-state index in [-0.39, 0.29) is 0 Å². The average Bonchev–Trinajstić information content (AvgIpc) is 0.775. The molecule has 0 fully saturated rings. The van der Waals surface area contributed by atoms with Gasteiger partial charge < -0.3 is 0 Å². The number of para-hydroxylation sites is 2. The molecule has 108 heavy (non-hydrogen) atoms. The summed E-state index contributed by atoms with van der Waals surface area (Å²) in [6.07, 6.45) is 7.34. The number of rotatable bonds is 8. The van der Waals surface area contributed by atoms with Gasteiger partial charge in [-0.1, -0.05) is 231 Å². The molecule has 500 valence electrons. The van der Waals surface area contributed by atoms with Crippen molar-refractivity contribution in [3.63, 3.8) is 0 Å². The van der Waals surface area contributed by atoms with Gasteiger partial charge in [0.05, 0.1) is 89.3 Å². The van der Waals surface area contributed by atoms with E-state index >= 15 is 0 Å². The highest BCUT2D eigenvalue weighted by Gasteiger charge is 2.18. The van der Waals surface area contributed by atoms with Gasteiger partial charge in [-0.05, 0) is 141 Å². The molecule has 0 atom stereocenters. The predicted octanol–water partition coefficient (Wildman–Crippen LogP) is 24.5. The van der Waals surface area contributed by atoms with Gasteiger partial charge in [0.2, 0.25) is 0 Å². The molecule has 0 aliphatic heterocycles. The summed E-state index contributed by atoms with van der Waals surface area (Å²) in [7, 11) is 0. The van der Waals surface area contributed by atoms with E-state index in [4.69, 9.17) is 29.9 Å². The summed E-state index contributed by atoms with van der Waals surface area (Å²) in [5.74, 6) is 0. The van der Waals surface area contributed by atoms with Gasteiger partial charge in [-0.25, -0.2) is 29.9 Å². The molecule has 10 aromatic heterocycles. The van der Waals surface area contributed by atoms with Crippen molar-refractivity contribution >= 4 is 131 Å². The van der Waals surface area contributed by atoms with Crippen LogP contribution in [0.2, 0.25) is 0 Å². The fourth-order valence-corrected chi connectivity index (χ4v) is 15.5. The zero-order chi connectivity index (χ0) is 71.2. The maximum atomic E-state index is 5.26. The highest BCUT2D eigenvalue weighted by molar-refractivity contribution is 6.09. The molecule has 22 rings (SSSR count). The van der Waals surface area contributed by atoms with Crippen LogP contribution in [0.25, 0.3) is 220 Å². The Kier molecular flexibility index (Phi) is 14.7. The molecule has 0 radical (unpaired) electrons. The Bertz CT molecular complexity index is 7470. The van der Waals surface area contributed by atoms with E-state index < -0.39 is 0 Å². The zero-order valence-corrected chi connectivity index (χ0v) is 58.0. The number of aromatic nitrogens is 10. The maximum absolute atomic E-state index is 5.26. The number of hydrogen-bond acceptors (Lipinski definition) is 10. The molecule has 0 aliphatic rings. The van der Waals surface area contributed by atoms with E-state index in [2.05, 4.69) is 323 Å². The standard InChI is InChI=1S/2C49H29N5/c1-4-32-5-2-24-50-47(32)41(7-1)44-23-19-31-9-13-38(29-46(31)53-44)37-12-8-30-18-21-42(52-45(30)28-37)39-16-14-36-27-40(17-15-35(36)26-39)43-22-20-34-11-10-33-6-3-25-51-48(33)49(34)54-43;1-2-10-38-37(9-1)39(21-22-40(38)43-25-20-34-15-14-33-8-5-27-51-48(33)49(34)54-43)42-23-18-30-12-16-35(28-45(30)52-42)36-17-13-31-19-24-44(53-46(31)29-36)41-11-3-6-32-7-4-26-50-47(32)41/h2*1-29H. The molecule has 0 aliphatic carbocycles. The molecular weight excluding hydrogens is 1320 g/mol. The van der Waals surface area contributed by atoms with Crippen LogP contribution in [-0.2, 0) is 0 Å². The summed E-state index contributed by atoms with van der Waals surface area (Å²) >= 11 is 0. The van der Waals surface area contributed by atoms with Crippen molar-refractivity contribution in [1.29, 1.82) is 0 Å². The summed E-state index contributed by atoms with van der Waals surface area (Å²) < 4.78 is 0. The predicted molar refractivity (Wildman–Crippen MR) is 444 cm³/mol. The number of benzene rings is 12. The topological polar surface area (TPSA) is 129 Å². The van der Waals surface area contributed by atoms with Crippen LogP contribution in [0.4, 0.5) is 0 Å². The molecule has 0 unspecified atom stereocenters. The Hall–Kier alpha value is -14.7. The molecule has 0 bridgehead atoms. The molecule has 22 aromatic rings. The minimum atomic E-state index is 0.911. The third-order valence-corrected chi connectivity index (χ3v) is 21.0. The summed E-state index contributed by atoms with van der Waals surface area (Å²) in [5, 5.41) is 15.5. The lowest BCUT2D eigenvalue weighted by molar-refractivity contribution is 1.37. The summed E-state index contributed by atoms with van der Waals surface area (Å²) in [6.45, 7) is 0. The number of pyridine rings is 10. The normalized spacial score (nSPS) is 11.7. The van der Waals surface area contributed by atoms with Gasteiger partial charge in [0, 0.05) is 112 Å². The van der Waals surface area contributed by atoms with E-state index in [1.807, 2.05) is 49.1 Å². The third-order valence-electron chi connectivity index (χ3n) is 21.0. The summed E-state index contributed by atoms with van der Waals surface area (Å²) in [6, 6.07) is 115. The van der Waals surface area contributed by atoms with Crippen molar-refractivity contribution in [2.24, 2.45) is 0 Å². The second-order valence-corrected chi connectivity index (χ2v) is 27.5. The van der Waals surface area contributed by atoms with Crippen molar-refractivity contribution in [1.82, 2.24) is 49.8 Å². The van der Waals surface area contributed by atoms with Gasteiger partial charge in [0.15, 0.2) is 0 Å². The molecule has 0 N–H and O–H groups in total. The van der Waals surface area contributed by atoms with Crippen LogP contribution in [0.3, 0.4) is 0 Å². The van der Waals surface area contributed by atoms with Crippen LogP contribution in [0.15, 0.2) is 352 Å². The second kappa shape index (κ2) is 25.6. The second-order valence-electron chi connectivity index (χ2n) is 27.5. The average molecular weight is 1380 g/mol. The number of hydrogen-bond donors (Lipinski definition) is 0. The lowest BCUT2D eigenvalue weighted by atomic mass is 9.95. The first-order chi connectivity index (χ1) is 53.4. The lowest BCUT2D eigenvalue weighted by Gasteiger charge is -2.13. The molecule has 0 amide bonds. The Labute approximate surface area is 618 Å². The van der Waals surface area contributed by atoms with Gasteiger partial charge in [-0.15, -0.1) is 0 Å². The van der Waals surface area contributed by atoms with Crippen LogP contribution in [-0.4, -0.2) is 49.8 Å². The Morgan fingerprint density at radius 3 is 0.843 bits per heavy atom. The van der Waals surface area contributed by atoms with Crippen molar-refractivity contribution in [2.45, 2.75) is 0 Å². The smallest absolute Gasteiger partial charge is 0.0972 e. The monoisotopic (exact) mass is 1370 g/mol. The van der Waals surface area contributed by atoms with E-state index in [0.717, 1.165) is 220 Å². The SMILES string of the molecule is c1cnc2c(-c3ccc4ccc(-c5ccc6ccc(-c7ccc(-c8ccc9ccc%10cccnc%10c9n8)c8ccccc78)nc6c5)cc4n3)cccc2c1.c1cnc2c(-c3ccc4ccc(-c5ccc6ccc(-c7ccc8cc(-c9ccc%10ccc%11cccnc%11c%10n9)ccc8c7)nc6c5)cc4n3)cccc2c1. The molecule has 10 heteroatoms. The van der Waals surface area contributed by atoms with E-state index in [1.54, 1.807) is 0 Å². The van der Waals surface area contributed by atoms with Gasteiger partial charge in [0.25, 0.3) is 0 Å². The minimum Gasteiger partial charge on any atom is -0.256 e. The largest absolute Gasteiger partial charge is 0.256 e. The fraction of sp³-hybridized carbons (Fsp3) is 0. The molecule has 12 aromatic carbocycles. The van der Waals surface area contributed by atoms with Crippen LogP contribution < -0.4 is 0 Å². The highest BCUT2D eigenvalue weighted by Crippen LogP contribution is 2.40. The molecule has 10 nitrogen and oxygen atoms in total. The van der Waals surface area contributed by atoms with Crippen molar-refractivity contribution in [2.75, 3.05) is 0 Å². The molecular formula is C98H58N10. The van der Waals surface area contributed by atoms with Gasteiger partial charge in [0.1, 0.15) is 0 Å². The Morgan fingerprint density at radius 1 is 0.148 bits per heavy atom. The Morgan fingerprint density at radius 2 is 0.426 bits per heavy atom. The molecule has 0 saturated carbocycles. The zero-order valence-electron chi connectivity index (χ0n) is 58.0. The van der Waals surface area contributed by atoms with E-state index in [1.165, 1.54) is 0 Å². The number of fused-ring (bicyclic) bond motifs is 14. The van der Waals surface area contributed by atoms with Crippen LogP contribution in [0.1, 0.15) is 0 Å². The highest BCUT2D eigenvalue weighted by atomic mass is 14.8. The van der Waals surface area contributed by atoms with Crippen molar-refractivity contribution < 1.29 is 0 Å². The van der Waals surface area contributed by atoms with Gasteiger partial charge >= 0.3 is 0 Å². The molecule has 0 saturated heterocycles. The molecule has 0 spiro atoms. The summed E-state index contributed by atoms with van der Waals surface area (Å²) in [5.41, 5.74) is 25.7. The van der Waals surface area contributed by atoms with Gasteiger partial charge in [-0.3, -0.25) is 19.9 Å². The quantitative estimate of drug-likeness (QED) is 0.136. The first-order valence-corrected chi connectivity index (χ1v) is 36.1. The van der Waals surface area contributed by atoms with Crippen molar-refractivity contribution in [3.8, 4) is 89.8 Å². The van der Waals surface area contributed by atoms with Crippen LogP contribution in [0, 0.1) is 0 Å². The maximum Gasteiger partial charge on any atom is 0.0972 e. The van der Waals surface area contributed by atoms with Crippen LogP contribution in [0.5, 0.6) is 0 Å². The summed E-state index contributed by atoms with van der Waals surface area (Å²) in [4.78, 5) is 49.5. The first kappa shape index (κ1) is 61.9. The van der Waals surface area contributed by atoms with Crippen LogP contribution >= 0.6 is 0 Å². The lowest BCUT2D eigenvalue weighted by Crippen LogP contribution is -1.92. The fourth-order valence-electron chi connectivity index (χ4n) is 15.5. The number of nitrogens with zero attached hydrogens (tertiary/aromatic N) is 10. The minimum absolute atomic E-state index is 0.911. The van der Waals surface area contributed by atoms with Gasteiger partial charge in [-0.2, -0.15) is 0 Å². The first-order valence-electron chi connectivity index (χ1n) is 36.1.